The van der Waals surface area contributed by atoms with Gasteiger partial charge in [-0.05, 0) is 44.1 Å². The number of likely N-dealkylation sites (tertiary alicyclic amines) is 2. The molecule has 156 valence electrons. The molecule has 0 atom stereocenters. The van der Waals surface area contributed by atoms with Crippen molar-refractivity contribution in [3.8, 4) is 0 Å². The van der Waals surface area contributed by atoms with Gasteiger partial charge in [0.05, 0.1) is 12.0 Å². The van der Waals surface area contributed by atoms with E-state index in [1.165, 1.54) is 0 Å². The number of hydrogen-bond acceptors (Lipinski definition) is 4. The molecule has 0 radical (unpaired) electrons. The van der Waals surface area contributed by atoms with Gasteiger partial charge in [-0.3, -0.25) is 14.3 Å². The van der Waals surface area contributed by atoms with E-state index in [-0.39, 0.29) is 17.2 Å². The smallest absolute Gasteiger partial charge is 0.272 e. The molecule has 4 heterocycles. The zero-order chi connectivity index (χ0) is 20.4. The third-order valence-electron chi connectivity index (χ3n) is 6.48. The van der Waals surface area contributed by atoms with Gasteiger partial charge in [0.2, 0.25) is 5.91 Å². The Balaban J connectivity index is 1.32. The second-order valence-electron chi connectivity index (χ2n) is 8.56. The van der Waals surface area contributed by atoms with Crippen molar-refractivity contribution in [2.45, 2.75) is 45.6 Å². The van der Waals surface area contributed by atoms with Gasteiger partial charge in [0.1, 0.15) is 5.69 Å². The van der Waals surface area contributed by atoms with Gasteiger partial charge < -0.3 is 14.4 Å². The fourth-order valence-corrected chi connectivity index (χ4v) is 4.73. The van der Waals surface area contributed by atoms with Crippen LogP contribution in [0, 0.1) is 12.3 Å². The number of aromatic nitrogens is 4. The Kier molecular flexibility index (Phi) is 5.43. The number of imidazole rings is 1. The lowest BCUT2D eigenvalue weighted by Gasteiger charge is -2.47. The van der Waals surface area contributed by atoms with E-state index in [0.717, 1.165) is 64.1 Å². The number of rotatable bonds is 5. The Morgan fingerprint density at radius 2 is 2.00 bits per heavy atom. The molecule has 2 saturated heterocycles. The van der Waals surface area contributed by atoms with Crippen LogP contribution in [0.3, 0.4) is 0 Å². The van der Waals surface area contributed by atoms with Crippen LogP contribution in [-0.2, 0) is 18.4 Å². The Labute approximate surface area is 171 Å². The monoisotopic (exact) mass is 398 g/mol. The van der Waals surface area contributed by atoms with E-state index in [2.05, 4.69) is 14.6 Å². The molecule has 2 aliphatic rings. The fraction of sp³-hybridized carbons (Fsp3) is 0.619. The van der Waals surface area contributed by atoms with Crippen LogP contribution in [0.25, 0.3) is 0 Å². The van der Waals surface area contributed by atoms with E-state index in [0.29, 0.717) is 12.1 Å². The van der Waals surface area contributed by atoms with Crippen LogP contribution in [0.15, 0.2) is 24.8 Å². The number of piperidine rings is 2. The first-order valence-electron chi connectivity index (χ1n) is 10.5. The number of amides is 2. The van der Waals surface area contributed by atoms with Crippen molar-refractivity contribution in [3.63, 3.8) is 0 Å². The molecular formula is C21H30N6O2. The molecule has 0 bridgehead atoms. The summed E-state index contributed by atoms with van der Waals surface area (Å²) in [7, 11) is 1.82. The largest absolute Gasteiger partial charge is 0.342 e. The number of hydrogen-bond donors (Lipinski definition) is 0. The maximum absolute atomic E-state index is 12.9. The standard InChI is InChI=1S/C21H30N6O2/c1-17-14-18(24(2)23-17)20(29)26-11-6-21(7-12-26)5-4-19(28)27(15-21)10-3-9-25-13-8-22-16-25/h8,13-14,16H,3-7,9-12,15H2,1-2H3. The van der Waals surface area contributed by atoms with Gasteiger partial charge in [0.25, 0.3) is 5.91 Å². The zero-order valence-electron chi connectivity index (χ0n) is 17.4. The first-order chi connectivity index (χ1) is 14.0. The highest BCUT2D eigenvalue weighted by Crippen LogP contribution is 2.40. The topological polar surface area (TPSA) is 76.3 Å². The lowest BCUT2D eigenvalue weighted by atomic mass is 9.72. The van der Waals surface area contributed by atoms with Crippen LogP contribution in [0.1, 0.15) is 48.3 Å². The Morgan fingerprint density at radius 3 is 2.66 bits per heavy atom. The second kappa shape index (κ2) is 8.00. The predicted molar refractivity (Wildman–Crippen MR) is 108 cm³/mol. The first-order valence-corrected chi connectivity index (χ1v) is 10.5. The van der Waals surface area contributed by atoms with Gasteiger partial charge in [-0.2, -0.15) is 5.10 Å². The van der Waals surface area contributed by atoms with Crippen LogP contribution in [0.5, 0.6) is 0 Å². The van der Waals surface area contributed by atoms with Gasteiger partial charge >= 0.3 is 0 Å². The molecule has 8 heteroatoms. The molecule has 8 nitrogen and oxygen atoms in total. The van der Waals surface area contributed by atoms with E-state index in [9.17, 15) is 9.59 Å². The van der Waals surface area contributed by atoms with Crippen molar-refractivity contribution in [2.24, 2.45) is 12.5 Å². The van der Waals surface area contributed by atoms with E-state index in [4.69, 9.17) is 0 Å². The number of carbonyl (C=O) groups is 2. The Morgan fingerprint density at radius 1 is 1.21 bits per heavy atom. The molecule has 0 N–H and O–H groups in total. The van der Waals surface area contributed by atoms with Crippen molar-refractivity contribution >= 4 is 11.8 Å². The number of nitrogens with zero attached hydrogens (tertiary/aromatic N) is 6. The summed E-state index contributed by atoms with van der Waals surface area (Å²) in [6, 6.07) is 1.86. The minimum Gasteiger partial charge on any atom is -0.342 e. The van der Waals surface area contributed by atoms with Crippen LogP contribution >= 0.6 is 0 Å². The molecule has 2 aromatic heterocycles. The molecule has 2 fully saturated rings. The zero-order valence-corrected chi connectivity index (χ0v) is 17.4. The molecule has 0 aromatic carbocycles. The van der Waals surface area contributed by atoms with Crippen molar-refractivity contribution < 1.29 is 9.59 Å². The molecule has 0 unspecified atom stereocenters. The van der Waals surface area contributed by atoms with E-state index in [1.807, 2.05) is 42.4 Å². The third-order valence-corrected chi connectivity index (χ3v) is 6.48. The molecule has 2 amide bonds. The summed E-state index contributed by atoms with van der Waals surface area (Å²) >= 11 is 0. The van der Waals surface area contributed by atoms with Gasteiger partial charge in [-0.1, -0.05) is 0 Å². The van der Waals surface area contributed by atoms with Crippen molar-refractivity contribution in [1.82, 2.24) is 29.1 Å². The van der Waals surface area contributed by atoms with Gasteiger partial charge in [-0.25, -0.2) is 4.98 Å². The van der Waals surface area contributed by atoms with Crippen molar-refractivity contribution in [3.05, 3.63) is 36.2 Å². The Bertz CT molecular complexity index is 864. The van der Waals surface area contributed by atoms with E-state index < -0.39 is 0 Å². The number of aryl methyl sites for hydroxylation is 3. The molecule has 29 heavy (non-hydrogen) atoms. The molecule has 2 aromatic rings. The van der Waals surface area contributed by atoms with Crippen molar-refractivity contribution in [2.75, 3.05) is 26.2 Å². The third kappa shape index (κ3) is 4.21. The highest BCUT2D eigenvalue weighted by atomic mass is 16.2. The van der Waals surface area contributed by atoms with Crippen LogP contribution in [0.4, 0.5) is 0 Å². The summed E-state index contributed by atoms with van der Waals surface area (Å²) in [6.45, 7) is 5.89. The average molecular weight is 399 g/mol. The predicted octanol–water partition coefficient (Wildman–Crippen LogP) is 1.86. The SMILES string of the molecule is Cc1cc(C(=O)N2CCC3(CCC(=O)N(CCCn4ccnc4)C3)CC2)n(C)n1. The molecule has 4 rings (SSSR count). The molecule has 2 aliphatic heterocycles. The van der Waals surface area contributed by atoms with E-state index in [1.54, 1.807) is 10.9 Å². The van der Waals surface area contributed by atoms with Crippen LogP contribution in [0.2, 0.25) is 0 Å². The van der Waals surface area contributed by atoms with Crippen molar-refractivity contribution in [1.29, 1.82) is 0 Å². The summed E-state index contributed by atoms with van der Waals surface area (Å²) in [5, 5.41) is 4.29. The van der Waals surface area contributed by atoms with E-state index >= 15 is 0 Å². The van der Waals surface area contributed by atoms with Crippen LogP contribution < -0.4 is 0 Å². The molecule has 0 saturated carbocycles. The molecule has 0 aliphatic carbocycles. The first kappa shape index (κ1) is 19.7. The average Bonchev–Trinajstić information content (AvgIpc) is 3.34. The Hall–Kier alpha value is -2.64. The normalized spacial score (nSPS) is 19.2. The van der Waals surface area contributed by atoms with Crippen LogP contribution in [-0.4, -0.2) is 67.1 Å². The maximum atomic E-state index is 12.9. The maximum Gasteiger partial charge on any atom is 0.272 e. The minimum atomic E-state index is 0.0621. The van der Waals surface area contributed by atoms with Gasteiger partial charge in [0.15, 0.2) is 0 Å². The quantitative estimate of drug-likeness (QED) is 0.770. The van der Waals surface area contributed by atoms with Gasteiger partial charge in [0, 0.05) is 58.6 Å². The van der Waals surface area contributed by atoms with Gasteiger partial charge in [-0.15, -0.1) is 0 Å². The second-order valence-corrected chi connectivity index (χ2v) is 8.56. The summed E-state index contributed by atoms with van der Waals surface area (Å²) < 4.78 is 3.72. The molecular weight excluding hydrogens is 368 g/mol. The lowest BCUT2D eigenvalue weighted by Crippen LogP contribution is -2.52. The number of carbonyl (C=O) groups excluding carboxylic acids is 2. The minimum absolute atomic E-state index is 0.0621. The lowest BCUT2D eigenvalue weighted by molar-refractivity contribution is -0.139. The highest BCUT2D eigenvalue weighted by Gasteiger charge is 2.41. The highest BCUT2D eigenvalue weighted by molar-refractivity contribution is 5.92. The summed E-state index contributed by atoms with van der Waals surface area (Å²) in [4.78, 5) is 33.4. The fourth-order valence-electron chi connectivity index (χ4n) is 4.73. The molecule has 1 spiro atoms. The summed E-state index contributed by atoms with van der Waals surface area (Å²) in [6.07, 6.45) is 9.97. The summed E-state index contributed by atoms with van der Waals surface area (Å²) in [5.41, 5.74) is 1.67. The summed E-state index contributed by atoms with van der Waals surface area (Å²) in [5.74, 6) is 0.331.